The third-order valence-electron chi connectivity index (χ3n) is 9.06. The fourth-order valence-corrected chi connectivity index (χ4v) is 6.95. The molecule has 5 heteroatoms. The standard InChI is InChI=1S/C41H24N4O/c1-2-9-28-23-35-33(22-27(28)8-1)31-14-5-10-25-11-6-15-34(37(25)31)45(35)30-19-17-26(18-20-30)41-43-38(29-12-7-21-42-24-29)40-39(44-41)32-13-3-4-16-36(32)46-40/h1-24H. The number of hydrogen-bond donors (Lipinski definition) is 0. The minimum atomic E-state index is 0.641. The number of pyridine rings is 1. The molecule has 3 aromatic heterocycles. The van der Waals surface area contributed by atoms with Crippen LogP contribution in [0.1, 0.15) is 0 Å². The Kier molecular flexibility index (Phi) is 5.22. The van der Waals surface area contributed by atoms with Gasteiger partial charge < -0.3 is 9.32 Å². The maximum Gasteiger partial charge on any atom is 0.180 e. The minimum absolute atomic E-state index is 0.641. The maximum absolute atomic E-state index is 6.29. The SMILES string of the molecule is c1cncc(-c2nc(-c3ccc(N4c5cc6ccccc6cc5-c5cccc6cccc4c56)cc3)nc3c2oc2ccccc23)c1. The summed E-state index contributed by atoms with van der Waals surface area (Å²) in [6.45, 7) is 0. The lowest BCUT2D eigenvalue weighted by atomic mass is 9.89. The molecule has 1 aliphatic heterocycles. The van der Waals surface area contributed by atoms with E-state index in [4.69, 9.17) is 14.4 Å². The van der Waals surface area contributed by atoms with Gasteiger partial charge in [0.05, 0.1) is 11.4 Å². The molecule has 5 nitrogen and oxygen atoms in total. The lowest BCUT2D eigenvalue weighted by Crippen LogP contribution is -2.15. The summed E-state index contributed by atoms with van der Waals surface area (Å²) in [5, 5.41) is 5.90. The van der Waals surface area contributed by atoms with Gasteiger partial charge in [0.2, 0.25) is 0 Å². The van der Waals surface area contributed by atoms with E-state index in [0.717, 1.165) is 39.0 Å². The second-order valence-electron chi connectivity index (χ2n) is 11.7. The van der Waals surface area contributed by atoms with Crippen LogP contribution in [0.15, 0.2) is 150 Å². The van der Waals surface area contributed by atoms with Crippen molar-refractivity contribution >= 4 is 60.7 Å². The molecule has 0 fully saturated rings. The summed E-state index contributed by atoms with van der Waals surface area (Å²) in [6.07, 6.45) is 3.58. The highest BCUT2D eigenvalue weighted by atomic mass is 16.3. The van der Waals surface area contributed by atoms with Crippen molar-refractivity contribution in [3.8, 4) is 33.8 Å². The number of aromatic nitrogens is 3. The highest BCUT2D eigenvalue weighted by Gasteiger charge is 2.26. The van der Waals surface area contributed by atoms with Crippen molar-refractivity contribution in [1.82, 2.24) is 15.0 Å². The molecule has 46 heavy (non-hydrogen) atoms. The molecular formula is C41H24N4O. The highest BCUT2D eigenvalue weighted by molar-refractivity contribution is 6.15. The molecule has 0 saturated carbocycles. The Morgan fingerprint density at radius 1 is 0.565 bits per heavy atom. The van der Waals surface area contributed by atoms with Crippen molar-refractivity contribution in [2.24, 2.45) is 0 Å². The van der Waals surface area contributed by atoms with Crippen LogP contribution in [0.3, 0.4) is 0 Å². The molecule has 4 heterocycles. The van der Waals surface area contributed by atoms with E-state index in [1.807, 2.05) is 42.6 Å². The van der Waals surface area contributed by atoms with E-state index >= 15 is 0 Å². The molecule has 0 N–H and O–H groups in total. The topological polar surface area (TPSA) is 55.1 Å². The van der Waals surface area contributed by atoms with Gasteiger partial charge in [0.15, 0.2) is 11.4 Å². The van der Waals surface area contributed by atoms with Crippen molar-refractivity contribution < 1.29 is 4.42 Å². The molecule has 0 aliphatic carbocycles. The molecule has 1 aliphatic rings. The number of hydrogen-bond acceptors (Lipinski definition) is 5. The second kappa shape index (κ2) is 9.58. The molecule has 0 bridgehead atoms. The summed E-state index contributed by atoms with van der Waals surface area (Å²) < 4.78 is 6.29. The summed E-state index contributed by atoms with van der Waals surface area (Å²) in [4.78, 5) is 16.8. The van der Waals surface area contributed by atoms with Gasteiger partial charge in [-0.05, 0) is 88.5 Å². The summed E-state index contributed by atoms with van der Waals surface area (Å²) >= 11 is 0. The first-order valence-corrected chi connectivity index (χ1v) is 15.4. The van der Waals surface area contributed by atoms with Crippen LogP contribution in [-0.2, 0) is 0 Å². The first-order chi connectivity index (χ1) is 22.8. The Morgan fingerprint density at radius 2 is 1.35 bits per heavy atom. The predicted molar refractivity (Wildman–Crippen MR) is 187 cm³/mol. The largest absolute Gasteiger partial charge is 0.452 e. The number of benzene rings is 6. The first kappa shape index (κ1) is 25.0. The highest BCUT2D eigenvalue weighted by Crippen LogP contribution is 2.52. The predicted octanol–water partition coefficient (Wildman–Crippen LogP) is 10.9. The Balaban J connectivity index is 1.16. The zero-order valence-electron chi connectivity index (χ0n) is 24.6. The molecule has 0 saturated heterocycles. The summed E-state index contributed by atoms with van der Waals surface area (Å²) in [5.74, 6) is 0.641. The molecule has 0 unspecified atom stereocenters. The Morgan fingerprint density at radius 3 is 2.20 bits per heavy atom. The molecule has 10 rings (SSSR count). The van der Waals surface area contributed by atoms with Crippen molar-refractivity contribution in [1.29, 1.82) is 0 Å². The van der Waals surface area contributed by atoms with E-state index in [9.17, 15) is 0 Å². The van der Waals surface area contributed by atoms with E-state index in [0.29, 0.717) is 11.4 Å². The molecule has 214 valence electrons. The van der Waals surface area contributed by atoms with Gasteiger partial charge in [-0.3, -0.25) is 4.98 Å². The fraction of sp³-hybridized carbons (Fsp3) is 0. The third-order valence-corrected chi connectivity index (χ3v) is 9.06. The first-order valence-electron chi connectivity index (χ1n) is 15.4. The molecule has 0 atom stereocenters. The number of anilines is 3. The Hall–Kier alpha value is -6.33. The van der Waals surface area contributed by atoms with Crippen LogP contribution in [0.2, 0.25) is 0 Å². The number of rotatable bonds is 3. The fourth-order valence-electron chi connectivity index (χ4n) is 6.95. The zero-order valence-corrected chi connectivity index (χ0v) is 24.6. The summed E-state index contributed by atoms with van der Waals surface area (Å²) in [7, 11) is 0. The van der Waals surface area contributed by atoms with Crippen LogP contribution >= 0.6 is 0 Å². The van der Waals surface area contributed by atoms with Gasteiger partial charge in [-0.2, -0.15) is 0 Å². The van der Waals surface area contributed by atoms with Crippen molar-refractivity contribution in [3.05, 3.63) is 146 Å². The van der Waals surface area contributed by atoms with E-state index in [1.165, 1.54) is 44.0 Å². The van der Waals surface area contributed by atoms with Crippen molar-refractivity contribution in [2.75, 3.05) is 4.90 Å². The van der Waals surface area contributed by atoms with Gasteiger partial charge in [0, 0.05) is 45.5 Å². The van der Waals surface area contributed by atoms with Gasteiger partial charge in [0.25, 0.3) is 0 Å². The number of furan rings is 1. The number of para-hydroxylation sites is 1. The zero-order chi connectivity index (χ0) is 30.2. The van der Waals surface area contributed by atoms with E-state index in [-0.39, 0.29) is 0 Å². The number of nitrogens with zero attached hydrogens (tertiary/aromatic N) is 4. The average molecular weight is 589 g/mol. The monoisotopic (exact) mass is 588 g/mol. The van der Waals surface area contributed by atoms with Crippen LogP contribution in [0.4, 0.5) is 17.1 Å². The van der Waals surface area contributed by atoms with Crippen LogP contribution in [0.25, 0.3) is 77.4 Å². The summed E-state index contributed by atoms with van der Waals surface area (Å²) in [5.41, 5.74) is 10.7. The maximum atomic E-state index is 6.29. The lowest BCUT2D eigenvalue weighted by molar-refractivity contribution is 0.667. The van der Waals surface area contributed by atoms with Crippen LogP contribution in [0.5, 0.6) is 0 Å². The molecule has 9 aromatic rings. The Labute approximate surface area is 264 Å². The van der Waals surface area contributed by atoms with Gasteiger partial charge in [0.1, 0.15) is 16.8 Å². The number of fused-ring (bicyclic) bond motifs is 6. The molecule has 0 amide bonds. The molecule has 6 aromatic carbocycles. The van der Waals surface area contributed by atoms with Gasteiger partial charge >= 0.3 is 0 Å². The average Bonchev–Trinajstić information content (AvgIpc) is 3.50. The quantitative estimate of drug-likeness (QED) is 0.205. The van der Waals surface area contributed by atoms with E-state index < -0.39 is 0 Å². The van der Waals surface area contributed by atoms with Crippen molar-refractivity contribution in [3.63, 3.8) is 0 Å². The van der Waals surface area contributed by atoms with Crippen LogP contribution < -0.4 is 4.90 Å². The third kappa shape index (κ3) is 3.66. The Bertz CT molecular complexity index is 2640. The summed E-state index contributed by atoms with van der Waals surface area (Å²) in [6, 6.07) is 46.9. The van der Waals surface area contributed by atoms with E-state index in [1.54, 1.807) is 6.20 Å². The van der Waals surface area contributed by atoms with Crippen LogP contribution in [-0.4, -0.2) is 15.0 Å². The molecule has 0 spiro atoms. The molecular weight excluding hydrogens is 564 g/mol. The second-order valence-corrected chi connectivity index (χ2v) is 11.7. The van der Waals surface area contributed by atoms with Gasteiger partial charge in [-0.25, -0.2) is 9.97 Å². The normalized spacial score (nSPS) is 12.3. The van der Waals surface area contributed by atoms with Gasteiger partial charge in [-0.15, -0.1) is 0 Å². The molecule has 0 radical (unpaired) electrons. The van der Waals surface area contributed by atoms with Gasteiger partial charge in [-0.1, -0.05) is 66.7 Å². The van der Waals surface area contributed by atoms with Crippen LogP contribution in [0, 0.1) is 0 Å². The smallest absolute Gasteiger partial charge is 0.180 e. The minimum Gasteiger partial charge on any atom is -0.452 e. The lowest BCUT2D eigenvalue weighted by Gasteiger charge is -2.34. The van der Waals surface area contributed by atoms with Crippen molar-refractivity contribution in [2.45, 2.75) is 0 Å². The van der Waals surface area contributed by atoms with E-state index in [2.05, 4.69) is 107 Å².